The molecule has 0 saturated heterocycles. The van der Waals surface area contributed by atoms with Crippen molar-refractivity contribution in [1.82, 2.24) is 0 Å². The van der Waals surface area contributed by atoms with E-state index in [0.29, 0.717) is 0 Å². The van der Waals surface area contributed by atoms with Crippen LogP contribution in [-0.2, 0) is 4.57 Å². The minimum atomic E-state index is -8.51. The summed E-state index contributed by atoms with van der Waals surface area (Å²) in [7, 11) is -4.38. The van der Waals surface area contributed by atoms with Crippen LogP contribution >= 0.6 is 7.37 Å². The lowest BCUT2D eigenvalue weighted by atomic mass is 10.7. The Hall–Kier alpha value is -1.14. The van der Waals surface area contributed by atoms with Gasteiger partial charge in [0, 0.05) is 0 Å². The number of hydrogen-bond donors (Lipinski definition) is 0. The normalized spacial score (nSPS) is 18.4. The molecule has 0 aromatic rings. The number of halogens is 10. The van der Waals surface area contributed by atoms with Gasteiger partial charge in [-0.25, -0.2) is 4.99 Å². The van der Waals surface area contributed by atoms with Gasteiger partial charge in [0.25, 0.3) is 0 Å². The van der Waals surface area contributed by atoms with Crippen LogP contribution in [0.4, 0.5) is 43.9 Å². The highest BCUT2D eigenvalue weighted by Gasteiger charge is 2.78. The Morgan fingerprint density at radius 3 is 1.33 bits per heavy atom. The van der Waals surface area contributed by atoms with E-state index in [1.54, 1.807) is 6.20 Å². The van der Waals surface area contributed by atoms with Gasteiger partial charge in [-0.15, -0.1) is 0 Å². The topological polar surface area (TPSA) is 52.5 Å². The minimum absolute atomic E-state index is 0.778. The summed E-state index contributed by atoms with van der Waals surface area (Å²) in [5.74, 6) is 0. The van der Waals surface area contributed by atoms with Gasteiger partial charge < -0.3 is 9.46 Å². The fourth-order valence-electron chi connectivity index (χ4n) is 0.969. The molecule has 0 radical (unpaired) electrons. The first-order chi connectivity index (χ1) is 10.2. The number of rotatable bonds is 2. The van der Waals surface area contributed by atoms with Gasteiger partial charge in [0.05, 0.1) is 20.3 Å². The SMILES string of the molecule is C[N+]1(C)C=CN=C1.O=P([O-])(C(F)(F)C(F)(F)F)C(F)(F)C(F)(F)F. The first-order valence-corrected chi connectivity index (χ1v) is 7.09. The largest absolute Gasteiger partial charge is 0.790 e. The third-order valence-electron chi connectivity index (χ3n) is 2.32. The van der Waals surface area contributed by atoms with E-state index in [-0.39, 0.29) is 0 Å². The van der Waals surface area contributed by atoms with Gasteiger partial charge in [0.15, 0.2) is 13.7 Å². The third kappa shape index (κ3) is 4.28. The Balaban J connectivity index is 0.000000620. The lowest BCUT2D eigenvalue weighted by Gasteiger charge is -2.38. The molecule has 15 heteroatoms. The Morgan fingerprint density at radius 2 is 1.21 bits per heavy atom. The van der Waals surface area contributed by atoms with Gasteiger partial charge in [0.1, 0.15) is 6.20 Å². The zero-order chi connectivity index (χ0) is 19.8. The van der Waals surface area contributed by atoms with Crippen LogP contribution in [0.5, 0.6) is 0 Å². The van der Waals surface area contributed by atoms with Crippen molar-refractivity contribution in [3.05, 3.63) is 12.4 Å². The van der Waals surface area contributed by atoms with Crippen LogP contribution in [0.25, 0.3) is 0 Å². The van der Waals surface area contributed by atoms with Gasteiger partial charge in [-0.1, -0.05) is 0 Å². The lowest BCUT2D eigenvalue weighted by molar-refractivity contribution is -0.732. The van der Waals surface area contributed by atoms with E-state index in [4.69, 9.17) is 0 Å². The van der Waals surface area contributed by atoms with Gasteiger partial charge >= 0.3 is 23.7 Å². The van der Waals surface area contributed by atoms with Gasteiger partial charge in [-0.3, -0.25) is 4.48 Å². The fraction of sp³-hybridized carbons (Fsp3) is 0.667. The molecular formula is C9H9F10N2O2P. The zero-order valence-corrected chi connectivity index (χ0v) is 12.6. The van der Waals surface area contributed by atoms with Crippen LogP contribution in [0.1, 0.15) is 0 Å². The highest BCUT2D eigenvalue weighted by molar-refractivity contribution is 7.59. The van der Waals surface area contributed by atoms with E-state index in [1.807, 2.05) is 12.5 Å². The van der Waals surface area contributed by atoms with Crippen LogP contribution < -0.4 is 4.89 Å². The van der Waals surface area contributed by atoms with Crippen molar-refractivity contribution in [1.29, 1.82) is 0 Å². The molecule has 0 N–H and O–H groups in total. The molecule has 0 aromatic heterocycles. The predicted molar refractivity (Wildman–Crippen MR) is 59.4 cm³/mol. The summed E-state index contributed by atoms with van der Waals surface area (Å²) in [5, 5.41) is 0. The first kappa shape index (κ1) is 22.9. The summed E-state index contributed by atoms with van der Waals surface area (Å²) in [4.78, 5) is 14.0. The molecule has 1 rings (SSSR count). The van der Waals surface area contributed by atoms with Crippen LogP contribution in [0.3, 0.4) is 0 Å². The maximum atomic E-state index is 12.1. The molecule has 1 aliphatic heterocycles. The summed E-state index contributed by atoms with van der Waals surface area (Å²) >= 11 is 0. The number of hydrogen-bond acceptors (Lipinski definition) is 3. The fourth-order valence-corrected chi connectivity index (χ4v) is 1.99. The molecule has 1 aliphatic rings. The van der Waals surface area contributed by atoms with E-state index in [2.05, 4.69) is 19.1 Å². The molecule has 0 atom stereocenters. The molecule has 0 aromatic carbocycles. The Labute approximate surface area is 128 Å². The van der Waals surface area contributed by atoms with Crippen molar-refractivity contribution in [2.24, 2.45) is 4.99 Å². The molecule has 0 fully saturated rings. The van der Waals surface area contributed by atoms with Crippen molar-refractivity contribution >= 4 is 13.7 Å². The number of quaternary nitrogens is 1. The van der Waals surface area contributed by atoms with Crippen LogP contribution in [-0.4, -0.2) is 48.6 Å². The van der Waals surface area contributed by atoms with Gasteiger partial charge in [0.2, 0.25) is 0 Å². The number of aliphatic imine (C=N–C) groups is 1. The summed E-state index contributed by atoms with van der Waals surface area (Å²) in [5.41, 5.74) is -14.4. The second-order valence-electron chi connectivity index (χ2n) is 4.82. The quantitative estimate of drug-likeness (QED) is 0.406. The summed E-state index contributed by atoms with van der Waals surface area (Å²) < 4.78 is 128. The molecule has 24 heavy (non-hydrogen) atoms. The van der Waals surface area contributed by atoms with Gasteiger partial charge in [-0.2, -0.15) is 43.9 Å². The summed E-state index contributed by atoms with van der Waals surface area (Å²) in [6.07, 6.45) is -8.47. The Kier molecular flexibility index (Phi) is 6.00. The maximum Gasteiger partial charge on any atom is 0.459 e. The molecule has 0 amide bonds. The van der Waals surface area contributed by atoms with E-state index in [0.717, 1.165) is 4.48 Å². The van der Waals surface area contributed by atoms with Crippen molar-refractivity contribution in [2.45, 2.75) is 23.7 Å². The molecule has 0 saturated carbocycles. The average Bonchev–Trinajstić information content (AvgIpc) is 2.71. The van der Waals surface area contributed by atoms with Gasteiger partial charge in [-0.05, 0) is 0 Å². The van der Waals surface area contributed by atoms with Crippen LogP contribution in [0.15, 0.2) is 17.4 Å². The van der Waals surface area contributed by atoms with Crippen molar-refractivity contribution < 1.29 is 57.8 Å². The summed E-state index contributed by atoms with van der Waals surface area (Å²) in [6.45, 7) is 0. The highest BCUT2D eigenvalue weighted by Crippen LogP contribution is 2.72. The molecule has 0 unspecified atom stereocenters. The lowest BCUT2D eigenvalue weighted by Crippen LogP contribution is -2.50. The summed E-state index contributed by atoms with van der Waals surface area (Å²) in [6, 6.07) is 0. The molecular weight excluding hydrogens is 389 g/mol. The van der Waals surface area contributed by atoms with Crippen molar-refractivity contribution in [3.63, 3.8) is 0 Å². The Morgan fingerprint density at radius 1 is 0.875 bits per heavy atom. The second-order valence-corrected chi connectivity index (χ2v) is 7.05. The smallest absolute Gasteiger partial charge is 0.459 e. The standard InChI is InChI=1S/C5H9N2.C4HF10O2P/c1-7(2)4-3-6-5-7;5-1(6,7)3(11,12)17(15,16)4(13,14)2(8,9)10/h3-5H,1-2H3;(H,15,16)/q+1;/p-1. The van der Waals surface area contributed by atoms with E-state index in [9.17, 15) is 53.4 Å². The van der Waals surface area contributed by atoms with E-state index < -0.39 is 31.0 Å². The van der Waals surface area contributed by atoms with Crippen molar-refractivity contribution in [3.8, 4) is 0 Å². The number of nitrogens with zero attached hydrogens (tertiary/aromatic N) is 2. The van der Waals surface area contributed by atoms with E-state index in [1.165, 1.54) is 0 Å². The van der Waals surface area contributed by atoms with Crippen LogP contribution in [0.2, 0.25) is 0 Å². The second kappa shape index (κ2) is 6.30. The Bertz CT molecular complexity index is 520. The monoisotopic (exact) mass is 398 g/mol. The average molecular weight is 398 g/mol. The highest BCUT2D eigenvalue weighted by atomic mass is 31.2. The molecule has 1 heterocycles. The molecule has 4 nitrogen and oxygen atoms in total. The maximum absolute atomic E-state index is 12.1. The minimum Gasteiger partial charge on any atom is -0.790 e. The van der Waals surface area contributed by atoms with Crippen LogP contribution in [0, 0.1) is 0 Å². The molecule has 142 valence electrons. The molecule has 0 bridgehead atoms. The van der Waals surface area contributed by atoms with E-state index >= 15 is 0 Å². The zero-order valence-electron chi connectivity index (χ0n) is 11.7. The first-order valence-electron chi connectivity index (χ1n) is 5.46. The third-order valence-corrected chi connectivity index (χ3v) is 4.31. The van der Waals surface area contributed by atoms with Crippen molar-refractivity contribution in [2.75, 3.05) is 14.1 Å². The number of alkyl halides is 10. The molecule has 0 spiro atoms. The predicted octanol–water partition coefficient (Wildman–Crippen LogP) is 3.51. The molecule has 0 aliphatic carbocycles.